The second-order valence-electron chi connectivity index (χ2n) is 10.1. The van der Waals surface area contributed by atoms with Crippen molar-refractivity contribution in [3.63, 3.8) is 0 Å². The maximum Gasteiger partial charge on any atom is 0.321 e. The zero-order valence-electron chi connectivity index (χ0n) is 20.4. The van der Waals surface area contributed by atoms with Gasteiger partial charge in [0.05, 0.1) is 13.2 Å². The molecule has 0 aliphatic carbocycles. The van der Waals surface area contributed by atoms with Crippen LogP contribution in [0.3, 0.4) is 0 Å². The highest BCUT2D eigenvalue weighted by atomic mass is 16.5. The summed E-state index contributed by atoms with van der Waals surface area (Å²) in [6.45, 7) is 6.10. The standard InChI is InChI=1S/C29H32N4O3/c34-28-26(25-9-5-4-6-22(25)19-31-12-14-36-15-13-31)10-11-27-23-16-21(18-33(27)28)17-32(20-23)29(35)30-24-7-2-1-3-8-24/h1-11,21,23H,12-20H2,(H,30,35)/t21-,23-/m1/s1. The Labute approximate surface area is 211 Å². The molecule has 0 unspecified atom stereocenters. The smallest absolute Gasteiger partial charge is 0.321 e. The van der Waals surface area contributed by atoms with Gasteiger partial charge in [0, 0.05) is 62.1 Å². The predicted octanol–water partition coefficient (Wildman–Crippen LogP) is 4.00. The van der Waals surface area contributed by atoms with E-state index in [4.69, 9.17) is 4.74 Å². The first kappa shape index (κ1) is 23.0. The zero-order chi connectivity index (χ0) is 24.5. The minimum absolute atomic E-state index is 0.0691. The van der Waals surface area contributed by atoms with Crippen LogP contribution in [0.5, 0.6) is 0 Å². The summed E-state index contributed by atoms with van der Waals surface area (Å²) in [7, 11) is 0. The fourth-order valence-electron chi connectivity index (χ4n) is 5.96. The van der Waals surface area contributed by atoms with Crippen LogP contribution in [0.1, 0.15) is 23.6 Å². The molecule has 2 bridgehead atoms. The van der Waals surface area contributed by atoms with Gasteiger partial charge in [-0.3, -0.25) is 9.69 Å². The van der Waals surface area contributed by atoms with E-state index in [2.05, 4.69) is 34.5 Å². The fraction of sp³-hybridized carbons (Fsp3) is 0.379. The number of ether oxygens (including phenoxy) is 1. The third-order valence-corrected chi connectivity index (χ3v) is 7.72. The summed E-state index contributed by atoms with van der Waals surface area (Å²) in [5.41, 5.74) is 4.89. The zero-order valence-corrected chi connectivity index (χ0v) is 20.4. The van der Waals surface area contributed by atoms with Crippen molar-refractivity contribution in [3.8, 4) is 11.1 Å². The molecule has 0 radical (unpaired) electrons. The van der Waals surface area contributed by atoms with E-state index < -0.39 is 0 Å². The number of urea groups is 1. The number of fused-ring (bicyclic) bond motifs is 4. The van der Waals surface area contributed by atoms with Gasteiger partial charge in [-0.05, 0) is 47.7 Å². The molecule has 6 rings (SSSR count). The summed E-state index contributed by atoms with van der Waals surface area (Å²) in [4.78, 5) is 31.0. The van der Waals surface area contributed by atoms with Crippen molar-refractivity contribution in [3.05, 3.63) is 88.3 Å². The van der Waals surface area contributed by atoms with E-state index >= 15 is 0 Å². The number of hydrogen-bond donors (Lipinski definition) is 1. The number of morpholine rings is 1. The molecule has 3 aliphatic heterocycles. The first-order valence-corrected chi connectivity index (χ1v) is 12.9. The minimum Gasteiger partial charge on any atom is -0.379 e. The molecule has 2 amide bonds. The molecular weight excluding hydrogens is 452 g/mol. The molecule has 0 saturated carbocycles. The third kappa shape index (κ3) is 4.56. The lowest BCUT2D eigenvalue weighted by molar-refractivity contribution is 0.0342. The summed E-state index contributed by atoms with van der Waals surface area (Å²) in [6, 6.07) is 21.9. The van der Waals surface area contributed by atoms with Crippen LogP contribution in [0, 0.1) is 5.92 Å². The van der Waals surface area contributed by atoms with Gasteiger partial charge < -0.3 is 19.5 Å². The molecule has 2 aromatic carbocycles. The van der Waals surface area contributed by atoms with Crippen molar-refractivity contribution in [1.29, 1.82) is 0 Å². The third-order valence-electron chi connectivity index (χ3n) is 7.72. The van der Waals surface area contributed by atoms with Gasteiger partial charge in [-0.25, -0.2) is 4.79 Å². The number of hydrogen-bond acceptors (Lipinski definition) is 4. The van der Waals surface area contributed by atoms with Gasteiger partial charge in [-0.1, -0.05) is 42.5 Å². The van der Waals surface area contributed by atoms with Crippen LogP contribution in [0.25, 0.3) is 11.1 Å². The van der Waals surface area contributed by atoms with Crippen molar-refractivity contribution >= 4 is 11.7 Å². The van der Waals surface area contributed by atoms with Crippen LogP contribution in [0.2, 0.25) is 0 Å². The molecule has 1 aromatic heterocycles. The van der Waals surface area contributed by atoms with Crippen LogP contribution in [0.15, 0.2) is 71.5 Å². The van der Waals surface area contributed by atoms with Crippen LogP contribution >= 0.6 is 0 Å². The number of para-hydroxylation sites is 1. The Balaban J connectivity index is 1.25. The molecule has 2 saturated heterocycles. The second kappa shape index (κ2) is 9.91. The minimum atomic E-state index is -0.0691. The van der Waals surface area contributed by atoms with Gasteiger partial charge in [0.25, 0.3) is 5.56 Å². The number of pyridine rings is 1. The number of likely N-dealkylation sites (tertiary alicyclic amines) is 1. The molecule has 7 heteroatoms. The first-order chi connectivity index (χ1) is 17.7. The highest BCUT2D eigenvalue weighted by Crippen LogP contribution is 2.36. The molecule has 3 aliphatic rings. The van der Waals surface area contributed by atoms with Crippen LogP contribution in [-0.2, 0) is 17.8 Å². The average molecular weight is 485 g/mol. The molecule has 4 heterocycles. The van der Waals surface area contributed by atoms with Gasteiger partial charge >= 0.3 is 6.03 Å². The lowest BCUT2D eigenvalue weighted by Gasteiger charge is -2.42. The van der Waals surface area contributed by atoms with Crippen LogP contribution in [-0.4, -0.2) is 59.8 Å². The Morgan fingerprint density at radius 3 is 2.50 bits per heavy atom. The monoisotopic (exact) mass is 484 g/mol. The average Bonchev–Trinajstić information content (AvgIpc) is 2.91. The SMILES string of the molecule is O=C(Nc1ccccc1)N1C[C@H]2C[C@H](C1)c1ccc(-c3ccccc3CN3CCOCC3)c(=O)n1C2. The summed E-state index contributed by atoms with van der Waals surface area (Å²) >= 11 is 0. The van der Waals surface area contributed by atoms with E-state index in [0.29, 0.717) is 19.6 Å². The Kier molecular flexibility index (Phi) is 6.34. The Bertz CT molecular complexity index is 1300. The molecule has 0 spiro atoms. The number of carbonyl (C=O) groups is 1. The number of anilines is 1. The van der Waals surface area contributed by atoms with Crippen LogP contribution in [0.4, 0.5) is 10.5 Å². The Hall–Kier alpha value is -3.42. The van der Waals surface area contributed by atoms with E-state index in [1.54, 1.807) is 0 Å². The van der Waals surface area contributed by atoms with E-state index in [1.165, 1.54) is 5.56 Å². The maximum atomic E-state index is 13.8. The van der Waals surface area contributed by atoms with E-state index in [-0.39, 0.29) is 23.4 Å². The number of nitrogens with one attached hydrogen (secondary N) is 1. The molecule has 2 fully saturated rings. The molecule has 36 heavy (non-hydrogen) atoms. The quantitative estimate of drug-likeness (QED) is 0.608. The summed E-state index contributed by atoms with van der Waals surface area (Å²) in [5.74, 6) is 0.443. The topological polar surface area (TPSA) is 66.8 Å². The second-order valence-corrected chi connectivity index (χ2v) is 10.1. The highest BCUT2D eigenvalue weighted by Gasteiger charge is 2.37. The van der Waals surface area contributed by atoms with Crippen molar-refractivity contribution in [1.82, 2.24) is 14.4 Å². The summed E-state index contributed by atoms with van der Waals surface area (Å²) in [5, 5.41) is 3.01. The number of rotatable bonds is 4. The molecule has 1 N–H and O–H groups in total. The van der Waals surface area contributed by atoms with Crippen LogP contribution < -0.4 is 10.9 Å². The number of carbonyl (C=O) groups excluding carboxylic acids is 1. The Morgan fingerprint density at radius 2 is 1.67 bits per heavy atom. The molecule has 7 nitrogen and oxygen atoms in total. The predicted molar refractivity (Wildman–Crippen MR) is 140 cm³/mol. The molecule has 3 aromatic rings. The van der Waals surface area contributed by atoms with Gasteiger partial charge in [-0.15, -0.1) is 0 Å². The van der Waals surface area contributed by atoms with E-state index in [1.807, 2.05) is 51.9 Å². The van der Waals surface area contributed by atoms with E-state index in [0.717, 1.165) is 61.8 Å². The number of amides is 2. The first-order valence-electron chi connectivity index (χ1n) is 12.9. The van der Waals surface area contributed by atoms with Gasteiger partial charge in [0.2, 0.25) is 0 Å². The lowest BCUT2D eigenvalue weighted by Crippen LogP contribution is -2.50. The number of benzene rings is 2. The number of aromatic nitrogens is 1. The summed E-state index contributed by atoms with van der Waals surface area (Å²) < 4.78 is 7.48. The van der Waals surface area contributed by atoms with Crippen molar-refractivity contribution in [2.75, 3.05) is 44.7 Å². The molecular formula is C29H32N4O3. The largest absolute Gasteiger partial charge is 0.379 e. The van der Waals surface area contributed by atoms with E-state index in [9.17, 15) is 9.59 Å². The van der Waals surface area contributed by atoms with Gasteiger partial charge in [0.15, 0.2) is 0 Å². The molecule has 186 valence electrons. The lowest BCUT2D eigenvalue weighted by atomic mass is 9.83. The number of nitrogens with zero attached hydrogens (tertiary/aromatic N) is 3. The van der Waals surface area contributed by atoms with Crippen molar-refractivity contribution in [2.24, 2.45) is 5.92 Å². The fourth-order valence-corrected chi connectivity index (χ4v) is 5.96. The maximum absolute atomic E-state index is 13.8. The summed E-state index contributed by atoms with van der Waals surface area (Å²) in [6.07, 6.45) is 1.02. The normalized spacial score (nSPS) is 21.6. The highest BCUT2D eigenvalue weighted by molar-refractivity contribution is 5.89. The van der Waals surface area contributed by atoms with Crippen molar-refractivity contribution in [2.45, 2.75) is 25.4 Å². The van der Waals surface area contributed by atoms with Gasteiger partial charge in [0.1, 0.15) is 0 Å². The number of piperidine rings is 1. The Morgan fingerprint density at radius 1 is 0.889 bits per heavy atom. The van der Waals surface area contributed by atoms with Crippen molar-refractivity contribution < 1.29 is 9.53 Å². The molecule has 2 atom stereocenters. The van der Waals surface area contributed by atoms with Gasteiger partial charge in [-0.2, -0.15) is 0 Å².